The first-order valence-electron chi connectivity index (χ1n) is 32.2. The Morgan fingerprint density at radius 1 is 0.466 bits per heavy atom. The number of nitrogens with one attached hydrogen (secondary N) is 1. The van der Waals surface area contributed by atoms with Gasteiger partial charge in [-0.05, 0) is 44.9 Å². The third kappa shape index (κ3) is 58.5. The summed E-state index contributed by atoms with van der Waals surface area (Å²) in [4.78, 5) is 23.4. The lowest BCUT2D eigenvalue weighted by Crippen LogP contribution is -2.46. The van der Waals surface area contributed by atoms with Gasteiger partial charge in [0.2, 0.25) is 5.91 Å². The van der Waals surface area contributed by atoms with Crippen LogP contribution in [0.1, 0.15) is 328 Å². The van der Waals surface area contributed by atoms with Gasteiger partial charge in [-0.25, -0.2) is 4.57 Å². The summed E-state index contributed by atoms with van der Waals surface area (Å²) < 4.78 is 23.9. The molecule has 0 aromatic heterocycles. The molecule has 3 atom stereocenters. The zero-order valence-corrected chi connectivity index (χ0v) is 50.5. The minimum atomic E-state index is -4.33. The van der Waals surface area contributed by atoms with Crippen LogP contribution in [0.25, 0.3) is 0 Å². The maximum Gasteiger partial charge on any atom is 0.472 e. The highest BCUT2D eigenvalue weighted by Crippen LogP contribution is 2.43. The Labute approximate surface area is 455 Å². The SMILES string of the molecule is CCCCCCC/C=C\C/C=C\CCCCCCCCCCCCCCCCCC(=O)NC(COP(=O)(O)OCC[N+](C)(C)C)C(O)CCCCCCCCCCCCCCCCCCCCCCCCCC. The predicted octanol–water partition coefficient (Wildman–Crippen LogP) is 19.9. The van der Waals surface area contributed by atoms with E-state index in [2.05, 4.69) is 43.5 Å². The lowest BCUT2D eigenvalue weighted by atomic mass is 10.0. The van der Waals surface area contributed by atoms with Crippen LogP contribution in [-0.2, 0) is 18.4 Å². The van der Waals surface area contributed by atoms with Crippen LogP contribution in [0, 0.1) is 0 Å². The Kier molecular flexibility index (Phi) is 54.9. The second-order valence-corrected chi connectivity index (χ2v) is 25.0. The first-order valence-corrected chi connectivity index (χ1v) is 33.7. The highest BCUT2D eigenvalue weighted by Gasteiger charge is 2.28. The molecule has 0 spiro atoms. The minimum absolute atomic E-state index is 0.0768. The second-order valence-electron chi connectivity index (χ2n) is 23.5. The van der Waals surface area contributed by atoms with Gasteiger partial charge in [0.1, 0.15) is 13.2 Å². The van der Waals surface area contributed by atoms with Gasteiger partial charge in [0.05, 0.1) is 39.9 Å². The number of hydrogen-bond donors (Lipinski definition) is 3. The van der Waals surface area contributed by atoms with Gasteiger partial charge in [-0.3, -0.25) is 13.8 Å². The maximum atomic E-state index is 13.0. The highest BCUT2D eigenvalue weighted by molar-refractivity contribution is 7.47. The number of aliphatic hydroxyl groups is 1. The number of nitrogens with zero attached hydrogens (tertiary/aromatic N) is 1. The fraction of sp³-hybridized carbons (Fsp3) is 0.922. The molecule has 73 heavy (non-hydrogen) atoms. The summed E-state index contributed by atoms with van der Waals surface area (Å²) in [5.41, 5.74) is 0. The van der Waals surface area contributed by atoms with Crippen molar-refractivity contribution in [2.24, 2.45) is 0 Å². The van der Waals surface area contributed by atoms with Gasteiger partial charge < -0.3 is 19.8 Å². The first-order chi connectivity index (χ1) is 35.5. The molecule has 3 N–H and O–H groups in total. The van der Waals surface area contributed by atoms with Gasteiger partial charge in [0, 0.05) is 6.42 Å². The molecule has 8 nitrogen and oxygen atoms in total. The fourth-order valence-electron chi connectivity index (χ4n) is 9.90. The standard InChI is InChI=1S/C64H127N2O6P/c1-6-8-10-12-14-16-18-20-22-24-26-28-30-32-33-34-36-38-40-42-44-46-48-50-52-54-56-58-64(68)65-62(61-72-73(69,70)71-60-59-66(3,4)5)63(67)57-55-53-51-49-47-45-43-41-39-37-35-31-29-27-25-23-21-19-17-15-13-11-9-7-2/h18,20,24,26,62-63,67H,6-17,19,21-23,25,27-61H2,1-5H3,(H-,65,68,69,70)/p+1/b20-18-,26-24-. The molecule has 0 aliphatic rings. The summed E-state index contributed by atoms with van der Waals surface area (Å²) >= 11 is 0. The number of quaternary nitrogens is 1. The topological polar surface area (TPSA) is 105 Å². The molecule has 0 aliphatic carbocycles. The third-order valence-electron chi connectivity index (χ3n) is 15.0. The van der Waals surface area contributed by atoms with Crippen molar-refractivity contribution in [2.45, 2.75) is 341 Å². The van der Waals surface area contributed by atoms with Crippen LogP contribution in [-0.4, -0.2) is 73.4 Å². The lowest BCUT2D eigenvalue weighted by molar-refractivity contribution is -0.870. The zero-order chi connectivity index (χ0) is 53.5. The minimum Gasteiger partial charge on any atom is -0.391 e. The molecule has 0 saturated carbocycles. The van der Waals surface area contributed by atoms with E-state index in [1.807, 2.05) is 21.1 Å². The molecular weight excluding hydrogens is 924 g/mol. The lowest BCUT2D eigenvalue weighted by Gasteiger charge is -2.26. The Hall–Kier alpha value is -1.02. The van der Waals surface area contributed by atoms with Crippen molar-refractivity contribution in [3.8, 4) is 0 Å². The quantitative estimate of drug-likeness (QED) is 0.0243. The van der Waals surface area contributed by atoms with Crippen molar-refractivity contribution >= 4 is 13.7 Å². The van der Waals surface area contributed by atoms with Gasteiger partial charge in [-0.2, -0.15) is 0 Å². The maximum absolute atomic E-state index is 13.0. The van der Waals surface area contributed by atoms with Crippen LogP contribution >= 0.6 is 7.82 Å². The number of carbonyl (C=O) groups is 1. The van der Waals surface area contributed by atoms with Crippen molar-refractivity contribution in [3.63, 3.8) is 0 Å². The van der Waals surface area contributed by atoms with Crippen LogP contribution < -0.4 is 5.32 Å². The van der Waals surface area contributed by atoms with Crippen molar-refractivity contribution in [1.29, 1.82) is 0 Å². The molecule has 9 heteroatoms. The van der Waals surface area contributed by atoms with E-state index in [0.29, 0.717) is 23.9 Å². The number of phosphoric acid groups is 1. The number of carbonyl (C=O) groups excluding carboxylic acids is 1. The molecular formula is C64H128N2O6P+. The summed E-state index contributed by atoms with van der Waals surface area (Å²) in [5.74, 6) is -0.138. The average molecular weight is 1050 g/mol. The Morgan fingerprint density at radius 3 is 1.12 bits per heavy atom. The zero-order valence-electron chi connectivity index (χ0n) is 49.7. The number of rotatable bonds is 60. The molecule has 3 unspecified atom stereocenters. The van der Waals surface area contributed by atoms with Crippen LogP contribution in [0.3, 0.4) is 0 Å². The van der Waals surface area contributed by atoms with Crippen LogP contribution in [0.4, 0.5) is 0 Å². The molecule has 0 saturated heterocycles. The predicted molar refractivity (Wildman–Crippen MR) is 318 cm³/mol. The molecule has 0 heterocycles. The van der Waals surface area contributed by atoms with E-state index in [4.69, 9.17) is 9.05 Å². The smallest absolute Gasteiger partial charge is 0.391 e. The molecule has 0 fully saturated rings. The summed E-state index contributed by atoms with van der Waals surface area (Å²) in [6, 6.07) is -0.760. The van der Waals surface area contributed by atoms with E-state index in [-0.39, 0.29) is 19.1 Å². The van der Waals surface area contributed by atoms with Gasteiger partial charge in [0.25, 0.3) is 0 Å². The fourth-order valence-corrected chi connectivity index (χ4v) is 10.6. The van der Waals surface area contributed by atoms with Crippen molar-refractivity contribution in [1.82, 2.24) is 5.32 Å². The summed E-state index contributed by atoms with van der Waals surface area (Å²) in [6.07, 6.45) is 71.1. The Bertz CT molecular complexity index is 1240. The monoisotopic (exact) mass is 1050 g/mol. The van der Waals surface area contributed by atoms with Gasteiger partial charge in [-0.15, -0.1) is 0 Å². The van der Waals surface area contributed by atoms with Crippen LogP contribution in [0.5, 0.6) is 0 Å². The Balaban J connectivity index is 4.07. The van der Waals surface area contributed by atoms with Gasteiger partial charge >= 0.3 is 7.82 Å². The van der Waals surface area contributed by atoms with E-state index in [9.17, 15) is 19.4 Å². The number of allylic oxidation sites excluding steroid dienone is 4. The van der Waals surface area contributed by atoms with Crippen molar-refractivity contribution in [2.75, 3.05) is 40.9 Å². The second kappa shape index (κ2) is 55.7. The summed E-state index contributed by atoms with van der Waals surface area (Å²) in [7, 11) is 1.63. The highest BCUT2D eigenvalue weighted by atomic mass is 31.2. The molecule has 434 valence electrons. The molecule has 0 bridgehead atoms. The number of amides is 1. The Morgan fingerprint density at radius 2 is 0.781 bits per heavy atom. The number of likely N-dealkylation sites (N-methyl/N-ethyl adjacent to an activating group) is 1. The number of hydrogen-bond acceptors (Lipinski definition) is 5. The van der Waals surface area contributed by atoms with E-state index in [1.165, 1.54) is 257 Å². The molecule has 0 radical (unpaired) electrons. The van der Waals surface area contributed by atoms with E-state index >= 15 is 0 Å². The van der Waals surface area contributed by atoms with Crippen molar-refractivity contribution in [3.05, 3.63) is 24.3 Å². The number of phosphoric ester groups is 1. The van der Waals surface area contributed by atoms with E-state index in [0.717, 1.165) is 44.9 Å². The van der Waals surface area contributed by atoms with Crippen LogP contribution in [0.2, 0.25) is 0 Å². The molecule has 0 aromatic rings. The molecule has 0 rings (SSSR count). The van der Waals surface area contributed by atoms with E-state index < -0.39 is 20.0 Å². The first kappa shape index (κ1) is 72.0. The third-order valence-corrected chi connectivity index (χ3v) is 15.9. The number of unbranched alkanes of at least 4 members (excludes halogenated alkanes) is 43. The molecule has 0 aromatic carbocycles. The van der Waals surface area contributed by atoms with E-state index in [1.54, 1.807) is 0 Å². The van der Waals surface area contributed by atoms with Crippen molar-refractivity contribution < 1.29 is 32.9 Å². The largest absolute Gasteiger partial charge is 0.472 e. The molecule has 0 aliphatic heterocycles. The average Bonchev–Trinajstić information content (AvgIpc) is 3.35. The number of aliphatic hydroxyl groups excluding tert-OH is 1. The summed E-state index contributed by atoms with van der Waals surface area (Å²) in [6.45, 7) is 4.93. The van der Waals surface area contributed by atoms with Gasteiger partial charge in [0.15, 0.2) is 0 Å². The molecule has 1 amide bonds. The summed E-state index contributed by atoms with van der Waals surface area (Å²) in [5, 5.41) is 14.1. The normalized spacial score (nSPS) is 13.9. The van der Waals surface area contributed by atoms with Gasteiger partial charge in [-0.1, -0.05) is 301 Å². The van der Waals surface area contributed by atoms with Crippen LogP contribution in [0.15, 0.2) is 24.3 Å².